The second-order valence-electron chi connectivity index (χ2n) is 5.25. The fourth-order valence-electron chi connectivity index (χ4n) is 2.61. The molecule has 1 N–H and O–H groups in total. The third-order valence-corrected chi connectivity index (χ3v) is 5.15. The number of hydrogen-bond donors (Lipinski definition) is 1. The van der Waals surface area contributed by atoms with Crippen LogP contribution in [0.4, 0.5) is 0 Å². The van der Waals surface area contributed by atoms with E-state index >= 15 is 0 Å². The molecule has 102 valence electrons. The van der Waals surface area contributed by atoms with Crippen molar-refractivity contribution in [1.29, 1.82) is 0 Å². The van der Waals surface area contributed by atoms with Gasteiger partial charge in [0.25, 0.3) is 5.56 Å². The molecule has 1 aliphatic carbocycles. The quantitative estimate of drug-likeness (QED) is 0.882. The molecule has 0 aliphatic heterocycles. The zero-order chi connectivity index (χ0) is 13.6. The van der Waals surface area contributed by atoms with Crippen molar-refractivity contribution in [3.8, 4) is 0 Å². The average Bonchev–Trinajstić information content (AvgIpc) is 2.87. The molecule has 0 fully saturated rings. The zero-order valence-electron chi connectivity index (χ0n) is 11.2. The largest absolute Gasteiger partial charge is 0.323 e. The molecule has 1 aliphatic rings. The molecule has 19 heavy (non-hydrogen) atoms. The summed E-state index contributed by atoms with van der Waals surface area (Å²) in [4.78, 5) is 20.3. The number of nitrogens with one attached hydrogen (secondary N) is 1. The Morgan fingerprint density at radius 2 is 2.21 bits per heavy atom. The van der Waals surface area contributed by atoms with E-state index in [1.807, 2.05) is 14.1 Å². The van der Waals surface area contributed by atoms with Crippen LogP contribution in [0.2, 0.25) is 0 Å². The van der Waals surface area contributed by atoms with Gasteiger partial charge in [0, 0.05) is 18.0 Å². The highest BCUT2D eigenvalue weighted by Crippen LogP contribution is 2.34. The molecule has 0 aromatic carbocycles. The SMILES string of the molecule is CN(C)CCn1c(=S)[nH]c2sc3c(c2c1=O)CCC3. The van der Waals surface area contributed by atoms with Gasteiger partial charge in [-0.05, 0) is 51.1 Å². The molecule has 2 aromatic heterocycles. The van der Waals surface area contributed by atoms with Crippen LogP contribution in [-0.4, -0.2) is 35.1 Å². The zero-order valence-corrected chi connectivity index (χ0v) is 12.8. The summed E-state index contributed by atoms with van der Waals surface area (Å²) in [6.07, 6.45) is 3.30. The van der Waals surface area contributed by atoms with Gasteiger partial charge in [-0.1, -0.05) is 0 Å². The van der Waals surface area contributed by atoms with Gasteiger partial charge in [0.05, 0.1) is 5.39 Å². The standard InChI is InChI=1S/C13H17N3OS2/c1-15(2)6-7-16-12(17)10-8-4-3-5-9(8)19-11(10)14-13(16)18/h3-7H2,1-2H3,(H,14,18). The third kappa shape index (κ3) is 2.17. The first-order chi connectivity index (χ1) is 9.08. The lowest BCUT2D eigenvalue weighted by molar-refractivity contribution is 0.379. The summed E-state index contributed by atoms with van der Waals surface area (Å²) in [5.74, 6) is 0. The van der Waals surface area contributed by atoms with Gasteiger partial charge in [0.2, 0.25) is 0 Å². The number of H-pyrrole nitrogens is 1. The van der Waals surface area contributed by atoms with E-state index in [1.165, 1.54) is 16.9 Å². The molecule has 0 radical (unpaired) electrons. The topological polar surface area (TPSA) is 41.0 Å². The monoisotopic (exact) mass is 295 g/mol. The molecule has 6 heteroatoms. The number of fused-ring (bicyclic) bond motifs is 3. The minimum Gasteiger partial charge on any atom is -0.323 e. The van der Waals surface area contributed by atoms with Crippen LogP contribution in [0.25, 0.3) is 10.2 Å². The Balaban J connectivity index is 2.18. The Morgan fingerprint density at radius 3 is 2.95 bits per heavy atom. The van der Waals surface area contributed by atoms with Gasteiger partial charge in [-0.3, -0.25) is 9.36 Å². The summed E-state index contributed by atoms with van der Waals surface area (Å²) >= 11 is 7.02. The molecule has 0 amide bonds. The van der Waals surface area contributed by atoms with Gasteiger partial charge in [-0.25, -0.2) is 0 Å². The number of aryl methyl sites for hydroxylation is 2. The molecule has 0 saturated heterocycles. The molecule has 2 heterocycles. The second-order valence-corrected chi connectivity index (χ2v) is 6.74. The van der Waals surface area contributed by atoms with Crippen LogP contribution in [0.1, 0.15) is 16.9 Å². The Kier molecular flexibility index (Phi) is 3.32. The Hall–Kier alpha value is -0.980. The molecule has 4 nitrogen and oxygen atoms in total. The highest BCUT2D eigenvalue weighted by molar-refractivity contribution is 7.71. The summed E-state index contributed by atoms with van der Waals surface area (Å²) in [6, 6.07) is 0. The normalized spacial score (nSPS) is 14.5. The van der Waals surface area contributed by atoms with E-state index in [1.54, 1.807) is 15.9 Å². The Morgan fingerprint density at radius 1 is 1.42 bits per heavy atom. The molecule has 0 bridgehead atoms. The number of thiophene rings is 1. The number of likely N-dealkylation sites (N-methyl/N-ethyl adjacent to an activating group) is 1. The Bertz CT molecular complexity index is 739. The third-order valence-electron chi connectivity index (χ3n) is 3.62. The molecule has 0 saturated carbocycles. The van der Waals surface area contributed by atoms with Gasteiger partial charge in [-0.2, -0.15) is 0 Å². The van der Waals surface area contributed by atoms with E-state index in [2.05, 4.69) is 9.88 Å². The average molecular weight is 295 g/mol. The number of rotatable bonds is 3. The summed E-state index contributed by atoms with van der Waals surface area (Å²) in [5, 5.41) is 0.879. The number of aromatic amines is 1. The van der Waals surface area contributed by atoms with Crippen molar-refractivity contribution >= 4 is 33.8 Å². The van der Waals surface area contributed by atoms with Crippen LogP contribution in [0, 0.1) is 4.77 Å². The van der Waals surface area contributed by atoms with Crippen molar-refractivity contribution in [2.24, 2.45) is 0 Å². The van der Waals surface area contributed by atoms with Crippen LogP contribution >= 0.6 is 23.6 Å². The van der Waals surface area contributed by atoms with Gasteiger partial charge >= 0.3 is 0 Å². The van der Waals surface area contributed by atoms with Crippen molar-refractivity contribution in [3.05, 3.63) is 25.6 Å². The lowest BCUT2D eigenvalue weighted by Gasteiger charge is -2.11. The van der Waals surface area contributed by atoms with Crippen LogP contribution in [-0.2, 0) is 19.4 Å². The van der Waals surface area contributed by atoms with E-state index in [9.17, 15) is 4.79 Å². The maximum atomic E-state index is 12.6. The van der Waals surface area contributed by atoms with Crippen molar-refractivity contribution in [1.82, 2.24) is 14.5 Å². The number of nitrogens with zero attached hydrogens (tertiary/aromatic N) is 2. The molecule has 3 rings (SSSR count). The predicted octanol–water partition coefficient (Wildman–Crippen LogP) is 2.17. The highest BCUT2D eigenvalue weighted by Gasteiger charge is 2.21. The summed E-state index contributed by atoms with van der Waals surface area (Å²) in [5.41, 5.74) is 1.34. The first-order valence-corrected chi connectivity index (χ1v) is 7.72. The van der Waals surface area contributed by atoms with E-state index < -0.39 is 0 Å². The van der Waals surface area contributed by atoms with E-state index in [-0.39, 0.29) is 5.56 Å². The second kappa shape index (κ2) is 4.85. The predicted molar refractivity (Wildman–Crippen MR) is 81.8 cm³/mol. The van der Waals surface area contributed by atoms with Crippen molar-refractivity contribution < 1.29 is 0 Å². The van der Waals surface area contributed by atoms with Gasteiger partial charge in [-0.15, -0.1) is 11.3 Å². The molecule has 0 unspecified atom stereocenters. The molecule has 0 spiro atoms. The van der Waals surface area contributed by atoms with Crippen LogP contribution in [0.15, 0.2) is 4.79 Å². The maximum absolute atomic E-state index is 12.6. The van der Waals surface area contributed by atoms with Crippen molar-refractivity contribution in [2.75, 3.05) is 20.6 Å². The Labute approximate surface area is 120 Å². The van der Waals surface area contributed by atoms with E-state index in [0.717, 1.165) is 29.6 Å². The molecule has 0 atom stereocenters. The minimum absolute atomic E-state index is 0.0833. The van der Waals surface area contributed by atoms with Gasteiger partial charge < -0.3 is 9.88 Å². The van der Waals surface area contributed by atoms with E-state index in [4.69, 9.17) is 12.2 Å². The van der Waals surface area contributed by atoms with Crippen molar-refractivity contribution in [3.63, 3.8) is 0 Å². The summed E-state index contributed by atoms with van der Waals surface area (Å²) < 4.78 is 2.24. The maximum Gasteiger partial charge on any atom is 0.263 e. The van der Waals surface area contributed by atoms with E-state index in [0.29, 0.717) is 11.3 Å². The van der Waals surface area contributed by atoms with Crippen LogP contribution in [0.5, 0.6) is 0 Å². The lowest BCUT2D eigenvalue weighted by atomic mass is 10.2. The van der Waals surface area contributed by atoms with Gasteiger partial charge in [0.1, 0.15) is 4.83 Å². The fraction of sp³-hybridized carbons (Fsp3) is 0.538. The van der Waals surface area contributed by atoms with Crippen LogP contribution in [0.3, 0.4) is 0 Å². The first-order valence-electron chi connectivity index (χ1n) is 6.50. The summed E-state index contributed by atoms with van der Waals surface area (Å²) in [6.45, 7) is 1.46. The highest BCUT2D eigenvalue weighted by atomic mass is 32.1. The first kappa shape index (κ1) is 13.0. The fourth-order valence-corrected chi connectivity index (χ4v) is 4.23. The lowest BCUT2D eigenvalue weighted by Crippen LogP contribution is -2.28. The summed E-state index contributed by atoms with van der Waals surface area (Å²) in [7, 11) is 4.00. The smallest absolute Gasteiger partial charge is 0.263 e. The minimum atomic E-state index is 0.0833. The van der Waals surface area contributed by atoms with Gasteiger partial charge in [0.15, 0.2) is 4.77 Å². The molecular formula is C13H17N3OS2. The van der Waals surface area contributed by atoms with Crippen LogP contribution < -0.4 is 5.56 Å². The molecular weight excluding hydrogens is 278 g/mol. The number of aromatic nitrogens is 2. The molecule has 2 aromatic rings. The van der Waals surface area contributed by atoms with Crippen molar-refractivity contribution in [2.45, 2.75) is 25.8 Å². The number of hydrogen-bond acceptors (Lipinski definition) is 4.